The number of amides is 1. The van der Waals surface area contributed by atoms with Gasteiger partial charge in [0, 0.05) is 11.6 Å². The first-order chi connectivity index (χ1) is 12.0. The summed E-state index contributed by atoms with van der Waals surface area (Å²) in [5.41, 5.74) is 0. The van der Waals surface area contributed by atoms with E-state index < -0.39 is 0 Å². The highest BCUT2D eigenvalue weighted by atomic mass is 35.5. The highest BCUT2D eigenvalue weighted by molar-refractivity contribution is 8.01. The second kappa shape index (κ2) is 10.5. The molecule has 0 spiro atoms. The summed E-state index contributed by atoms with van der Waals surface area (Å²) in [4.78, 5) is 11.8. The van der Waals surface area contributed by atoms with Gasteiger partial charge in [0.25, 0.3) is 0 Å². The Hall–Kier alpha value is -1.51. The van der Waals surface area contributed by atoms with E-state index in [4.69, 9.17) is 16.3 Å². The van der Waals surface area contributed by atoms with Crippen LogP contribution in [0, 0.1) is 5.92 Å². The highest BCUT2D eigenvalue weighted by Crippen LogP contribution is 2.25. The average Bonchev–Trinajstić information content (AvgIpc) is 3.04. The van der Waals surface area contributed by atoms with Gasteiger partial charge in [-0.1, -0.05) is 48.5 Å². The Morgan fingerprint density at radius 3 is 2.80 bits per heavy atom. The number of halogens is 1. The monoisotopic (exact) mass is 400 g/mol. The van der Waals surface area contributed by atoms with E-state index >= 15 is 0 Å². The summed E-state index contributed by atoms with van der Waals surface area (Å²) in [6.07, 6.45) is 0. The lowest BCUT2D eigenvalue weighted by Gasteiger charge is -2.07. The molecule has 1 amide bonds. The van der Waals surface area contributed by atoms with Gasteiger partial charge in [0.2, 0.25) is 11.0 Å². The molecule has 0 atom stereocenters. The maximum Gasteiger partial charge on any atom is 0.230 e. The summed E-state index contributed by atoms with van der Waals surface area (Å²) in [6.45, 7) is 5.96. The number of aromatic nitrogens is 2. The molecule has 6 nitrogen and oxygen atoms in total. The summed E-state index contributed by atoms with van der Waals surface area (Å²) < 4.78 is 6.29. The number of anilines is 1. The second-order valence-electron chi connectivity index (χ2n) is 5.59. The molecule has 1 aromatic heterocycles. The van der Waals surface area contributed by atoms with Gasteiger partial charge in [-0.25, -0.2) is 0 Å². The summed E-state index contributed by atoms with van der Waals surface area (Å²) in [5.74, 6) is 1.51. The Morgan fingerprint density at radius 2 is 2.08 bits per heavy atom. The van der Waals surface area contributed by atoms with Crippen LogP contribution in [0.1, 0.15) is 13.8 Å². The number of nitrogens with one attached hydrogen (secondary N) is 2. The summed E-state index contributed by atoms with van der Waals surface area (Å²) in [7, 11) is 0. The fourth-order valence-electron chi connectivity index (χ4n) is 1.70. The zero-order valence-corrected chi connectivity index (χ0v) is 16.5. The first kappa shape index (κ1) is 19.8. The Labute approximate surface area is 160 Å². The van der Waals surface area contributed by atoms with Gasteiger partial charge in [-0.15, -0.1) is 10.2 Å². The molecule has 0 saturated heterocycles. The largest absolute Gasteiger partial charge is 0.492 e. The molecule has 0 aliphatic carbocycles. The van der Waals surface area contributed by atoms with Crippen LogP contribution in [0.5, 0.6) is 5.75 Å². The first-order valence-corrected chi connectivity index (χ1v) is 10.1. The third-order valence-corrected chi connectivity index (χ3v) is 5.17. The predicted molar refractivity (Wildman–Crippen MR) is 104 cm³/mol. The smallest absolute Gasteiger partial charge is 0.230 e. The van der Waals surface area contributed by atoms with Crippen LogP contribution >= 0.6 is 34.7 Å². The molecule has 2 aromatic rings. The number of hydrogen-bond donors (Lipinski definition) is 2. The van der Waals surface area contributed by atoms with Gasteiger partial charge in [0.05, 0.1) is 12.3 Å². The maximum atomic E-state index is 11.8. The van der Waals surface area contributed by atoms with Gasteiger partial charge in [-0.2, -0.15) is 0 Å². The number of hydrogen-bond acceptors (Lipinski definition) is 7. The van der Waals surface area contributed by atoms with Crippen LogP contribution in [0.4, 0.5) is 5.13 Å². The summed E-state index contributed by atoms with van der Waals surface area (Å²) >= 11 is 8.64. The molecule has 25 heavy (non-hydrogen) atoms. The molecule has 1 heterocycles. The van der Waals surface area contributed by atoms with E-state index in [9.17, 15) is 4.79 Å². The van der Waals surface area contributed by atoms with Crippen molar-refractivity contribution in [1.82, 2.24) is 15.5 Å². The molecule has 136 valence electrons. The van der Waals surface area contributed by atoms with Crippen LogP contribution in [0.2, 0.25) is 5.02 Å². The van der Waals surface area contributed by atoms with Crippen LogP contribution in [0.25, 0.3) is 0 Å². The number of benzene rings is 1. The molecular formula is C16H21ClN4O2S2. The number of ether oxygens (including phenoxy) is 1. The van der Waals surface area contributed by atoms with E-state index in [1.54, 1.807) is 24.3 Å². The van der Waals surface area contributed by atoms with E-state index in [0.717, 1.165) is 21.8 Å². The average molecular weight is 401 g/mol. The molecule has 0 saturated carbocycles. The molecular weight excluding hydrogens is 380 g/mol. The molecule has 0 unspecified atom stereocenters. The van der Waals surface area contributed by atoms with E-state index in [2.05, 4.69) is 34.7 Å². The van der Waals surface area contributed by atoms with Crippen LogP contribution in [0.15, 0.2) is 28.6 Å². The summed E-state index contributed by atoms with van der Waals surface area (Å²) in [5, 5.41) is 15.6. The molecule has 1 aromatic carbocycles. The Kier molecular flexibility index (Phi) is 8.30. The summed E-state index contributed by atoms with van der Waals surface area (Å²) in [6, 6.07) is 7.11. The van der Waals surface area contributed by atoms with Crippen molar-refractivity contribution in [3.63, 3.8) is 0 Å². The number of thioether (sulfide) groups is 1. The molecule has 2 N–H and O–H groups in total. The quantitative estimate of drug-likeness (QED) is 0.469. The standard InChI is InChI=1S/C16H21ClN4O2S2/c1-11(2)9-19-15-20-21-16(25-15)24-10-14(22)18-7-8-23-13-5-3-12(17)4-6-13/h3-6,11H,7-10H2,1-2H3,(H,18,22)(H,19,20). The normalized spacial score (nSPS) is 10.7. The van der Waals surface area contributed by atoms with Crippen molar-refractivity contribution >= 4 is 45.7 Å². The van der Waals surface area contributed by atoms with Crippen molar-refractivity contribution in [3.05, 3.63) is 29.3 Å². The third kappa shape index (κ3) is 7.94. The van der Waals surface area contributed by atoms with Crippen molar-refractivity contribution in [3.8, 4) is 5.75 Å². The number of carbonyl (C=O) groups is 1. The van der Waals surface area contributed by atoms with E-state index in [1.807, 2.05) is 0 Å². The van der Waals surface area contributed by atoms with Crippen molar-refractivity contribution in [2.24, 2.45) is 5.92 Å². The van der Waals surface area contributed by atoms with E-state index in [1.165, 1.54) is 23.1 Å². The van der Waals surface area contributed by atoms with Crippen LogP contribution in [-0.2, 0) is 4.79 Å². The van der Waals surface area contributed by atoms with Crippen LogP contribution in [0.3, 0.4) is 0 Å². The lowest BCUT2D eigenvalue weighted by atomic mass is 10.2. The van der Waals surface area contributed by atoms with Crippen molar-refractivity contribution in [1.29, 1.82) is 0 Å². The Bertz CT molecular complexity index is 664. The van der Waals surface area contributed by atoms with Crippen LogP contribution < -0.4 is 15.4 Å². The molecule has 0 fully saturated rings. The van der Waals surface area contributed by atoms with E-state index in [-0.39, 0.29) is 5.91 Å². The van der Waals surface area contributed by atoms with E-state index in [0.29, 0.717) is 29.8 Å². The minimum atomic E-state index is -0.0587. The Balaban J connectivity index is 1.60. The fraction of sp³-hybridized carbons (Fsp3) is 0.438. The Morgan fingerprint density at radius 1 is 1.32 bits per heavy atom. The highest BCUT2D eigenvalue weighted by Gasteiger charge is 2.08. The fourth-order valence-corrected chi connectivity index (χ4v) is 3.41. The van der Waals surface area contributed by atoms with Gasteiger partial charge in [0.1, 0.15) is 12.4 Å². The number of nitrogens with zero attached hydrogens (tertiary/aromatic N) is 2. The minimum Gasteiger partial charge on any atom is -0.492 e. The zero-order chi connectivity index (χ0) is 18.1. The van der Waals surface area contributed by atoms with Gasteiger partial charge >= 0.3 is 0 Å². The maximum absolute atomic E-state index is 11.8. The first-order valence-electron chi connectivity index (χ1n) is 7.88. The van der Waals surface area contributed by atoms with Gasteiger partial charge < -0.3 is 15.4 Å². The van der Waals surface area contributed by atoms with Gasteiger partial charge in [-0.05, 0) is 30.2 Å². The lowest BCUT2D eigenvalue weighted by molar-refractivity contribution is -0.118. The van der Waals surface area contributed by atoms with Crippen molar-refractivity contribution in [2.75, 3.05) is 30.8 Å². The van der Waals surface area contributed by atoms with Gasteiger partial charge in [-0.3, -0.25) is 4.79 Å². The molecule has 0 aliphatic heterocycles. The van der Waals surface area contributed by atoms with Crippen molar-refractivity contribution in [2.45, 2.75) is 18.2 Å². The zero-order valence-electron chi connectivity index (χ0n) is 14.1. The van der Waals surface area contributed by atoms with Crippen LogP contribution in [-0.4, -0.2) is 41.6 Å². The minimum absolute atomic E-state index is 0.0587. The SMILES string of the molecule is CC(C)CNc1nnc(SCC(=O)NCCOc2ccc(Cl)cc2)s1. The molecule has 0 bridgehead atoms. The molecule has 2 rings (SSSR count). The molecule has 9 heteroatoms. The number of carbonyl (C=O) groups excluding carboxylic acids is 1. The lowest BCUT2D eigenvalue weighted by Crippen LogP contribution is -2.29. The second-order valence-corrected chi connectivity index (χ2v) is 8.23. The third-order valence-electron chi connectivity index (χ3n) is 2.90. The number of rotatable bonds is 10. The predicted octanol–water partition coefficient (Wildman–Crippen LogP) is 3.55. The van der Waals surface area contributed by atoms with Gasteiger partial charge in [0.15, 0.2) is 4.34 Å². The van der Waals surface area contributed by atoms with Crippen molar-refractivity contribution < 1.29 is 9.53 Å². The topological polar surface area (TPSA) is 76.1 Å². The molecule has 0 aliphatic rings. The molecule has 0 radical (unpaired) electrons.